The van der Waals surface area contributed by atoms with Crippen molar-refractivity contribution in [2.75, 3.05) is 24.5 Å². The molecule has 24 heavy (non-hydrogen) atoms. The van der Waals surface area contributed by atoms with E-state index < -0.39 is 6.10 Å². The van der Waals surface area contributed by atoms with Crippen LogP contribution in [0.2, 0.25) is 0 Å². The summed E-state index contributed by atoms with van der Waals surface area (Å²) in [5.74, 6) is 0.538. The highest BCUT2D eigenvalue weighted by Crippen LogP contribution is 2.22. The van der Waals surface area contributed by atoms with Gasteiger partial charge in [-0.25, -0.2) is 4.98 Å². The van der Waals surface area contributed by atoms with E-state index in [2.05, 4.69) is 15.2 Å². The Hall–Kier alpha value is -2.40. The van der Waals surface area contributed by atoms with E-state index in [4.69, 9.17) is 0 Å². The molecule has 1 aliphatic rings. The number of carbonyl (C=O) groups is 1. The molecule has 1 aromatic carbocycles. The molecule has 1 saturated heterocycles. The monoisotopic (exact) mass is 325 g/mol. The largest absolute Gasteiger partial charge is 0.387 e. The maximum absolute atomic E-state index is 12.6. The molecule has 5 heteroatoms. The molecule has 126 valence electrons. The number of aliphatic hydroxyl groups is 1. The van der Waals surface area contributed by atoms with Crippen molar-refractivity contribution in [2.45, 2.75) is 25.9 Å². The number of aromatic nitrogens is 1. The molecular formula is C19H23N3O2. The minimum atomic E-state index is -0.720. The van der Waals surface area contributed by atoms with Crippen molar-refractivity contribution in [2.24, 2.45) is 0 Å². The molecule has 0 bridgehead atoms. The summed E-state index contributed by atoms with van der Waals surface area (Å²) in [6, 6.07) is 11.2. The summed E-state index contributed by atoms with van der Waals surface area (Å²) < 4.78 is 0. The Balaban J connectivity index is 1.68. The Bertz CT molecular complexity index is 711. The molecule has 0 radical (unpaired) electrons. The Kier molecular flexibility index (Phi) is 5.11. The summed E-state index contributed by atoms with van der Waals surface area (Å²) >= 11 is 0. The van der Waals surface area contributed by atoms with Gasteiger partial charge in [0.25, 0.3) is 5.91 Å². The number of nitrogens with zero attached hydrogens (tertiary/aromatic N) is 2. The van der Waals surface area contributed by atoms with Crippen molar-refractivity contribution in [3.8, 4) is 0 Å². The zero-order valence-corrected chi connectivity index (χ0v) is 13.9. The minimum Gasteiger partial charge on any atom is -0.387 e. The summed E-state index contributed by atoms with van der Waals surface area (Å²) in [4.78, 5) is 19.1. The fourth-order valence-corrected chi connectivity index (χ4v) is 3.11. The maximum Gasteiger partial charge on any atom is 0.255 e. The van der Waals surface area contributed by atoms with E-state index in [9.17, 15) is 9.90 Å². The Morgan fingerprint density at radius 1 is 1.25 bits per heavy atom. The summed E-state index contributed by atoms with van der Waals surface area (Å²) in [7, 11) is 0. The molecule has 2 heterocycles. The van der Waals surface area contributed by atoms with Crippen molar-refractivity contribution in [1.82, 2.24) is 10.3 Å². The van der Waals surface area contributed by atoms with Gasteiger partial charge in [-0.05, 0) is 43.0 Å². The second-order valence-electron chi connectivity index (χ2n) is 6.15. The lowest BCUT2D eigenvalue weighted by molar-refractivity contribution is 0.0916. The quantitative estimate of drug-likeness (QED) is 0.886. The zero-order chi connectivity index (χ0) is 16.9. The van der Waals surface area contributed by atoms with Crippen LogP contribution in [0.4, 0.5) is 5.82 Å². The van der Waals surface area contributed by atoms with Gasteiger partial charge in [-0.2, -0.15) is 0 Å². The number of aliphatic hydroxyl groups excluding tert-OH is 1. The molecule has 1 atom stereocenters. The van der Waals surface area contributed by atoms with Crippen molar-refractivity contribution >= 4 is 11.7 Å². The molecule has 1 fully saturated rings. The average Bonchev–Trinajstić information content (AvgIpc) is 3.14. The van der Waals surface area contributed by atoms with E-state index in [1.165, 1.54) is 0 Å². The van der Waals surface area contributed by atoms with Crippen LogP contribution < -0.4 is 10.2 Å². The molecule has 3 rings (SSSR count). The first-order valence-electron chi connectivity index (χ1n) is 8.38. The molecule has 1 amide bonds. The van der Waals surface area contributed by atoms with Gasteiger partial charge in [0.2, 0.25) is 0 Å². The number of pyridine rings is 1. The molecule has 1 aliphatic heterocycles. The van der Waals surface area contributed by atoms with Crippen LogP contribution in [0.15, 0.2) is 42.6 Å². The van der Waals surface area contributed by atoms with Gasteiger partial charge in [0.1, 0.15) is 5.82 Å². The third-order valence-corrected chi connectivity index (χ3v) is 4.44. The number of anilines is 1. The maximum atomic E-state index is 12.6. The number of amides is 1. The summed E-state index contributed by atoms with van der Waals surface area (Å²) in [5, 5.41) is 13.2. The predicted molar refractivity (Wildman–Crippen MR) is 94.2 cm³/mol. The minimum absolute atomic E-state index is 0.179. The molecular weight excluding hydrogens is 302 g/mol. The van der Waals surface area contributed by atoms with Crippen LogP contribution in [0, 0.1) is 6.92 Å². The van der Waals surface area contributed by atoms with Gasteiger partial charge in [0.05, 0.1) is 11.7 Å². The molecule has 2 N–H and O–H groups in total. The van der Waals surface area contributed by atoms with Crippen molar-refractivity contribution in [3.05, 3.63) is 59.3 Å². The normalized spacial score (nSPS) is 15.3. The number of aryl methyl sites for hydroxylation is 1. The number of benzene rings is 1. The van der Waals surface area contributed by atoms with Gasteiger partial charge < -0.3 is 15.3 Å². The molecule has 0 aliphatic carbocycles. The third-order valence-electron chi connectivity index (χ3n) is 4.44. The summed E-state index contributed by atoms with van der Waals surface area (Å²) in [5.41, 5.74) is 2.42. The van der Waals surface area contributed by atoms with E-state index in [0.717, 1.165) is 42.9 Å². The van der Waals surface area contributed by atoms with Crippen LogP contribution in [0.5, 0.6) is 0 Å². The van der Waals surface area contributed by atoms with Crippen LogP contribution in [-0.4, -0.2) is 35.6 Å². The number of hydrogen-bond acceptors (Lipinski definition) is 4. The van der Waals surface area contributed by atoms with Crippen LogP contribution >= 0.6 is 0 Å². The van der Waals surface area contributed by atoms with Crippen LogP contribution in [-0.2, 0) is 0 Å². The fraction of sp³-hybridized carbons (Fsp3) is 0.368. The predicted octanol–water partition coefficient (Wildman–Crippen LogP) is 2.45. The zero-order valence-electron chi connectivity index (χ0n) is 13.9. The van der Waals surface area contributed by atoms with Gasteiger partial charge >= 0.3 is 0 Å². The Morgan fingerprint density at radius 2 is 2.00 bits per heavy atom. The van der Waals surface area contributed by atoms with E-state index in [0.29, 0.717) is 5.56 Å². The Labute approximate surface area is 142 Å². The lowest BCUT2D eigenvalue weighted by Crippen LogP contribution is -2.31. The first-order valence-corrected chi connectivity index (χ1v) is 8.38. The molecule has 5 nitrogen and oxygen atoms in total. The highest BCUT2D eigenvalue weighted by molar-refractivity contribution is 5.98. The van der Waals surface area contributed by atoms with E-state index in [1.54, 1.807) is 18.3 Å². The number of rotatable bonds is 5. The standard InChI is InChI=1S/C19H23N3O2/c1-14-7-2-3-8-15(14)17(23)13-21-19(24)16-9-6-10-20-18(16)22-11-4-5-12-22/h2-3,6-10,17,23H,4-5,11-13H2,1H3,(H,21,24). The highest BCUT2D eigenvalue weighted by atomic mass is 16.3. The Morgan fingerprint density at radius 3 is 2.75 bits per heavy atom. The molecule has 1 aromatic heterocycles. The van der Waals surface area contributed by atoms with Crippen LogP contribution in [0.1, 0.15) is 40.4 Å². The summed E-state index contributed by atoms with van der Waals surface area (Å²) in [6.45, 7) is 4.00. The van der Waals surface area contributed by atoms with E-state index >= 15 is 0 Å². The van der Waals surface area contributed by atoms with Crippen molar-refractivity contribution < 1.29 is 9.90 Å². The highest BCUT2D eigenvalue weighted by Gasteiger charge is 2.21. The fourth-order valence-electron chi connectivity index (χ4n) is 3.11. The van der Waals surface area contributed by atoms with Crippen molar-refractivity contribution in [1.29, 1.82) is 0 Å². The summed E-state index contributed by atoms with van der Waals surface area (Å²) in [6.07, 6.45) is 3.25. The van der Waals surface area contributed by atoms with E-state index in [-0.39, 0.29) is 12.5 Å². The number of carbonyl (C=O) groups excluding carboxylic acids is 1. The van der Waals surface area contributed by atoms with E-state index in [1.807, 2.05) is 31.2 Å². The van der Waals surface area contributed by atoms with Gasteiger partial charge in [-0.15, -0.1) is 0 Å². The average molecular weight is 325 g/mol. The first kappa shape index (κ1) is 16.5. The number of nitrogens with one attached hydrogen (secondary N) is 1. The smallest absolute Gasteiger partial charge is 0.255 e. The first-order chi connectivity index (χ1) is 11.7. The van der Waals surface area contributed by atoms with Gasteiger partial charge in [0, 0.05) is 25.8 Å². The van der Waals surface area contributed by atoms with Crippen LogP contribution in [0.3, 0.4) is 0 Å². The third kappa shape index (κ3) is 3.57. The van der Waals surface area contributed by atoms with Crippen LogP contribution in [0.25, 0.3) is 0 Å². The lowest BCUT2D eigenvalue weighted by Gasteiger charge is -2.20. The van der Waals surface area contributed by atoms with Gasteiger partial charge in [-0.1, -0.05) is 24.3 Å². The molecule has 0 spiro atoms. The molecule has 0 saturated carbocycles. The second-order valence-corrected chi connectivity index (χ2v) is 6.15. The molecule has 1 unspecified atom stereocenters. The number of hydrogen-bond donors (Lipinski definition) is 2. The van der Waals surface area contributed by atoms with Gasteiger partial charge in [0.15, 0.2) is 0 Å². The molecule has 2 aromatic rings. The topological polar surface area (TPSA) is 65.5 Å². The lowest BCUT2D eigenvalue weighted by atomic mass is 10.0. The second kappa shape index (κ2) is 7.45. The van der Waals surface area contributed by atoms with Crippen molar-refractivity contribution in [3.63, 3.8) is 0 Å². The SMILES string of the molecule is Cc1ccccc1C(O)CNC(=O)c1cccnc1N1CCCC1. The van der Waals surface area contributed by atoms with Gasteiger partial charge in [-0.3, -0.25) is 4.79 Å².